The molecular weight excluding hydrogens is 395 g/mol. The molecule has 0 saturated carbocycles. The van der Waals surface area contributed by atoms with Crippen molar-refractivity contribution in [2.24, 2.45) is 0 Å². The predicted octanol–water partition coefficient (Wildman–Crippen LogP) is 1.78. The lowest BCUT2D eigenvalue weighted by Gasteiger charge is -2.27. The van der Waals surface area contributed by atoms with E-state index in [1.54, 1.807) is 12.1 Å². The van der Waals surface area contributed by atoms with Gasteiger partial charge in [0.2, 0.25) is 0 Å². The van der Waals surface area contributed by atoms with Crippen LogP contribution < -0.4 is 5.63 Å². The van der Waals surface area contributed by atoms with Crippen molar-refractivity contribution in [2.75, 3.05) is 28.4 Å². The van der Waals surface area contributed by atoms with E-state index < -0.39 is 48.0 Å². The second kappa shape index (κ2) is 8.55. The van der Waals surface area contributed by atoms with E-state index in [-0.39, 0.29) is 11.0 Å². The number of fused-ring (bicyclic) bond motifs is 1. The van der Waals surface area contributed by atoms with Crippen molar-refractivity contribution in [1.82, 2.24) is 0 Å². The van der Waals surface area contributed by atoms with Crippen molar-refractivity contribution in [1.29, 1.82) is 0 Å². The van der Waals surface area contributed by atoms with E-state index in [2.05, 4.69) is 9.47 Å². The number of ether oxygens (including phenoxy) is 2. The Morgan fingerprint density at radius 2 is 1.61 bits per heavy atom. The van der Waals surface area contributed by atoms with Crippen molar-refractivity contribution in [3.63, 3.8) is 0 Å². The molecule has 152 valence electrons. The molecule has 2 aromatic rings. The Kier molecular flexibility index (Phi) is 6.60. The minimum Gasteiger partial charge on any atom is -0.507 e. The Morgan fingerprint density at radius 1 is 1.04 bits per heavy atom. The van der Waals surface area contributed by atoms with E-state index in [1.807, 2.05) is 0 Å². The van der Waals surface area contributed by atoms with Gasteiger partial charge in [-0.05, 0) is 12.1 Å². The summed E-state index contributed by atoms with van der Waals surface area (Å²) in [7, 11) is -0.343. The maximum Gasteiger partial charge on any atom is 0.345 e. The Labute approximate surface area is 159 Å². The highest BCUT2D eigenvalue weighted by Gasteiger charge is 2.52. The molecule has 0 spiro atoms. The van der Waals surface area contributed by atoms with Gasteiger partial charge in [0.15, 0.2) is 5.66 Å². The summed E-state index contributed by atoms with van der Waals surface area (Å²) in [5, 5.41) is 10.8. The Hall–Kier alpha value is -2.68. The van der Waals surface area contributed by atoms with Crippen LogP contribution in [0.1, 0.15) is 11.5 Å². The van der Waals surface area contributed by atoms with Gasteiger partial charge in [0.25, 0.3) is 0 Å². The summed E-state index contributed by atoms with van der Waals surface area (Å²) < 4.78 is 37.2. The summed E-state index contributed by atoms with van der Waals surface area (Å²) in [6.45, 7) is 0. The van der Waals surface area contributed by atoms with E-state index in [0.29, 0.717) is 0 Å². The lowest BCUT2D eigenvalue weighted by Crippen LogP contribution is -2.38. The third-order valence-corrected chi connectivity index (χ3v) is 6.40. The summed E-state index contributed by atoms with van der Waals surface area (Å²) in [6, 6.07) is 6.00. The van der Waals surface area contributed by atoms with Crippen LogP contribution in [0.3, 0.4) is 0 Å². The van der Waals surface area contributed by atoms with Gasteiger partial charge in [-0.25, -0.2) is 4.79 Å². The van der Waals surface area contributed by atoms with Crippen LogP contribution >= 0.6 is 7.60 Å². The minimum absolute atomic E-state index is 0.0497. The quantitative estimate of drug-likeness (QED) is 0.405. The van der Waals surface area contributed by atoms with Crippen LogP contribution in [0.4, 0.5) is 0 Å². The second-order valence-electron chi connectivity index (χ2n) is 5.52. The average Bonchev–Trinajstić information content (AvgIpc) is 2.71. The fourth-order valence-electron chi connectivity index (χ4n) is 2.82. The fraction of sp³-hybridized carbons (Fsp3) is 0.353. The number of carbonyl (C=O) groups is 2. The standard InChI is InChI=1S/C17H19O10P/c1-23-15(19)12(14(17(21)24-2)28(22,25-3)26-4)11-13(18)9-7-5-6-8-10(9)27-16(11)20/h5-8,12,14,18H,1-4H3. The number of para-hydroxylation sites is 1. The molecule has 1 aromatic heterocycles. The molecule has 1 N–H and O–H groups in total. The fourth-order valence-corrected chi connectivity index (χ4v) is 4.43. The first-order valence-electron chi connectivity index (χ1n) is 7.87. The second-order valence-corrected chi connectivity index (χ2v) is 7.89. The Balaban J connectivity index is 2.88. The molecule has 28 heavy (non-hydrogen) atoms. The van der Waals surface area contributed by atoms with Crippen LogP contribution in [0.5, 0.6) is 5.75 Å². The van der Waals surface area contributed by atoms with Crippen molar-refractivity contribution >= 4 is 30.5 Å². The third kappa shape index (κ3) is 3.66. The SMILES string of the molecule is COC(=O)C(c1c(O)c2ccccc2oc1=O)C(C(=O)OC)P(=O)(OC)OC. The number of hydrogen-bond donors (Lipinski definition) is 1. The van der Waals surface area contributed by atoms with E-state index in [0.717, 1.165) is 28.4 Å². The van der Waals surface area contributed by atoms with Gasteiger partial charge in [0.05, 0.1) is 25.2 Å². The topological polar surface area (TPSA) is 139 Å². The van der Waals surface area contributed by atoms with Gasteiger partial charge in [0, 0.05) is 14.2 Å². The highest BCUT2D eigenvalue weighted by atomic mass is 31.2. The summed E-state index contributed by atoms with van der Waals surface area (Å²) in [5.41, 5.74) is -3.64. The summed E-state index contributed by atoms with van der Waals surface area (Å²) in [4.78, 5) is 37.5. The Bertz CT molecular complexity index is 987. The molecule has 0 radical (unpaired) electrons. The lowest BCUT2D eigenvalue weighted by molar-refractivity contribution is -0.149. The van der Waals surface area contributed by atoms with Crippen molar-refractivity contribution in [3.05, 3.63) is 40.2 Å². The lowest BCUT2D eigenvalue weighted by atomic mass is 9.94. The molecular formula is C17H19O10P. The number of rotatable bonds is 7. The van der Waals surface area contributed by atoms with E-state index in [9.17, 15) is 24.1 Å². The molecule has 0 aliphatic carbocycles. The van der Waals surface area contributed by atoms with Crippen molar-refractivity contribution < 1.29 is 42.2 Å². The minimum atomic E-state index is -4.32. The summed E-state index contributed by atoms with van der Waals surface area (Å²) >= 11 is 0. The monoisotopic (exact) mass is 414 g/mol. The van der Waals surface area contributed by atoms with Gasteiger partial charge in [-0.15, -0.1) is 0 Å². The number of methoxy groups -OCH3 is 2. The number of aromatic hydroxyl groups is 1. The molecule has 2 rings (SSSR count). The van der Waals surface area contributed by atoms with Gasteiger partial charge in [-0.1, -0.05) is 12.1 Å². The number of benzene rings is 1. The normalized spacial score (nSPS) is 13.7. The third-order valence-electron chi connectivity index (χ3n) is 4.19. The van der Waals surface area contributed by atoms with Gasteiger partial charge in [-0.3, -0.25) is 14.2 Å². The molecule has 0 amide bonds. The largest absolute Gasteiger partial charge is 0.507 e. The molecule has 1 aromatic carbocycles. The first-order chi connectivity index (χ1) is 13.2. The number of esters is 2. The zero-order chi connectivity index (χ0) is 21.1. The zero-order valence-corrected chi connectivity index (χ0v) is 16.4. The van der Waals surface area contributed by atoms with Gasteiger partial charge >= 0.3 is 25.2 Å². The first kappa shape index (κ1) is 21.6. The maximum atomic E-state index is 13.0. The molecule has 2 atom stereocenters. The molecule has 0 saturated heterocycles. The number of carbonyl (C=O) groups excluding carboxylic acids is 2. The van der Waals surface area contributed by atoms with Crippen LogP contribution in [0.2, 0.25) is 0 Å². The van der Waals surface area contributed by atoms with Gasteiger partial charge in [-0.2, -0.15) is 0 Å². The predicted molar refractivity (Wildman–Crippen MR) is 96.3 cm³/mol. The van der Waals surface area contributed by atoms with Crippen LogP contribution in [-0.2, 0) is 32.7 Å². The molecule has 0 fully saturated rings. The van der Waals surface area contributed by atoms with E-state index in [1.165, 1.54) is 12.1 Å². The molecule has 0 aliphatic heterocycles. The van der Waals surface area contributed by atoms with Gasteiger partial charge < -0.3 is 28.0 Å². The Morgan fingerprint density at radius 3 is 2.14 bits per heavy atom. The molecule has 1 heterocycles. The average molecular weight is 414 g/mol. The van der Waals surface area contributed by atoms with Crippen molar-refractivity contribution in [2.45, 2.75) is 11.6 Å². The molecule has 0 aliphatic rings. The molecule has 11 heteroatoms. The smallest absolute Gasteiger partial charge is 0.345 e. The zero-order valence-electron chi connectivity index (χ0n) is 15.5. The highest BCUT2D eigenvalue weighted by molar-refractivity contribution is 7.55. The van der Waals surface area contributed by atoms with Crippen LogP contribution in [0, 0.1) is 0 Å². The molecule has 0 bridgehead atoms. The van der Waals surface area contributed by atoms with E-state index >= 15 is 0 Å². The molecule has 10 nitrogen and oxygen atoms in total. The van der Waals surface area contributed by atoms with Crippen molar-refractivity contribution in [3.8, 4) is 5.75 Å². The highest BCUT2D eigenvalue weighted by Crippen LogP contribution is 2.57. The van der Waals surface area contributed by atoms with Crippen LogP contribution in [0.15, 0.2) is 33.5 Å². The summed E-state index contributed by atoms with van der Waals surface area (Å²) in [5.74, 6) is -4.84. The van der Waals surface area contributed by atoms with E-state index in [4.69, 9.17) is 13.5 Å². The van der Waals surface area contributed by atoms with Crippen LogP contribution in [-0.4, -0.2) is 51.1 Å². The summed E-state index contributed by atoms with van der Waals surface area (Å²) in [6.07, 6.45) is 0. The first-order valence-corrected chi connectivity index (χ1v) is 9.48. The van der Waals surface area contributed by atoms with Crippen LogP contribution in [0.25, 0.3) is 11.0 Å². The maximum absolute atomic E-state index is 13.0. The number of hydrogen-bond acceptors (Lipinski definition) is 10. The van der Waals surface area contributed by atoms with Gasteiger partial charge in [0.1, 0.15) is 17.3 Å². The molecule has 2 unspecified atom stereocenters.